The van der Waals surface area contributed by atoms with E-state index in [2.05, 4.69) is 248 Å². The molecule has 0 amide bonds. The van der Waals surface area contributed by atoms with Gasteiger partial charge in [-0.2, -0.15) is 0 Å². The van der Waals surface area contributed by atoms with Crippen LogP contribution in [-0.4, -0.2) is 0 Å². The minimum Gasteiger partial charge on any atom is -0.456 e. The Hall–Kier alpha value is -8.72. The zero-order chi connectivity index (χ0) is 44.1. The molecule has 0 aliphatic heterocycles. The van der Waals surface area contributed by atoms with Crippen molar-refractivity contribution in [3.05, 3.63) is 271 Å². The van der Waals surface area contributed by atoms with Crippen LogP contribution in [0.3, 0.4) is 0 Å². The lowest BCUT2D eigenvalue weighted by molar-refractivity contribution is 0.669. The molecular formula is C65H41NO. The van der Waals surface area contributed by atoms with Crippen LogP contribution in [0.5, 0.6) is 0 Å². The van der Waals surface area contributed by atoms with Gasteiger partial charge in [-0.3, -0.25) is 0 Å². The Kier molecular flexibility index (Phi) is 8.23. The number of nitrogens with zero attached hydrogens (tertiary/aromatic N) is 1. The quantitative estimate of drug-likeness (QED) is 0.166. The summed E-state index contributed by atoms with van der Waals surface area (Å²) in [5.74, 6) is 0. The average molecular weight is 852 g/mol. The molecule has 1 heterocycles. The van der Waals surface area contributed by atoms with Crippen molar-refractivity contribution in [2.45, 2.75) is 5.41 Å². The largest absolute Gasteiger partial charge is 0.456 e. The maximum absolute atomic E-state index is 6.39. The highest BCUT2D eigenvalue weighted by Gasteiger charge is 2.52. The Morgan fingerprint density at radius 2 is 0.851 bits per heavy atom. The highest BCUT2D eigenvalue weighted by Crippen LogP contribution is 2.64. The summed E-state index contributed by atoms with van der Waals surface area (Å²) in [4.78, 5) is 2.45. The summed E-state index contributed by atoms with van der Waals surface area (Å²) >= 11 is 0. The van der Waals surface area contributed by atoms with E-state index in [1.807, 2.05) is 6.07 Å². The number of hydrogen-bond donors (Lipinski definition) is 0. The van der Waals surface area contributed by atoms with Crippen molar-refractivity contribution in [1.29, 1.82) is 0 Å². The Labute approximate surface area is 389 Å². The van der Waals surface area contributed by atoms with Gasteiger partial charge in [0.1, 0.15) is 11.2 Å². The molecule has 0 bridgehead atoms. The van der Waals surface area contributed by atoms with Gasteiger partial charge in [-0.05, 0) is 126 Å². The molecule has 0 unspecified atom stereocenters. The number of hydrogen-bond acceptors (Lipinski definition) is 2. The van der Waals surface area contributed by atoms with Gasteiger partial charge in [0.15, 0.2) is 0 Å². The number of furan rings is 1. The summed E-state index contributed by atoms with van der Waals surface area (Å²) in [5.41, 5.74) is 22.2. The van der Waals surface area contributed by atoms with Gasteiger partial charge >= 0.3 is 0 Å². The first kappa shape index (κ1) is 37.6. The van der Waals surface area contributed by atoms with Crippen molar-refractivity contribution in [3.8, 4) is 55.6 Å². The molecular weight excluding hydrogens is 811 g/mol. The third kappa shape index (κ3) is 5.45. The van der Waals surface area contributed by atoms with Gasteiger partial charge in [-0.15, -0.1) is 0 Å². The molecule has 12 aromatic rings. The molecule has 0 fully saturated rings. The molecule has 1 spiro atoms. The second-order valence-corrected chi connectivity index (χ2v) is 17.9. The van der Waals surface area contributed by atoms with Gasteiger partial charge in [-0.25, -0.2) is 0 Å². The molecule has 67 heavy (non-hydrogen) atoms. The van der Waals surface area contributed by atoms with E-state index in [0.29, 0.717) is 0 Å². The third-order valence-corrected chi connectivity index (χ3v) is 14.5. The van der Waals surface area contributed by atoms with Crippen molar-refractivity contribution in [2.75, 3.05) is 4.90 Å². The zero-order valence-corrected chi connectivity index (χ0v) is 36.5. The first-order valence-corrected chi connectivity index (χ1v) is 23.2. The van der Waals surface area contributed by atoms with Crippen molar-refractivity contribution in [3.63, 3.8) is 0 Å². The Morgan fingerprint density at radius 3 is 1.66 bits per heavy atom. The molecule has 0 saturated heterocycles. The zero-order valence-electron chi connectivity index (χ0n) is 36.5. The molecule has 2 heteroatoms. The van der Waals surface area contributed by atoms with Gasteiger partial charge in [-0.1, -0.05) is 206 Å². The van der Waals surface area contributed by atoms with Crippen LogP contribution in [0, 0.1) is 0 Å². The fraction of sp³-hybridized carbons (Fsp3) is 0.0154. The number of rotatable bonds is 6. The van der Waals surface area contributed by atoms with E-state index in [4.69, 9.17) is 4.42 Å². The SMILES string of the molecule is c1cc(-c2cccc3oc4ccccc4c23)cc(N(c2ccc(-c3cccc4ccccc34)cc2)c2ccccc2-c2cccc3c2-c2ccccc2C32c3ccccc3-c3ccccc32)c1. The van der Waals surface area contributed by atoms with Crippen LogP contribution in [0.2, 0.25) is 0 Å². The van der Waals surface area contributed by atoms with E-state index in [1.54, 1.807) is 0 Å². The van der Waals surface area contributed by atoms with Crippen molar-refractivity contribution in [1.82, 2.24) is 0 Å². The monoisotopic (exact) mass is 851 g/mol. The summed E-state index contributed by atoms with van der Waals surface area (Å²) < 4.78 is 6.39. The third-order valence-electron chi connectivity index (χ3n) is 14.5. The molecule has 0 radical (unpaired) electrons. The normalized spacial score (nSPS) is 12.9. The lowest BCUT2D eigenvalue weighted by Crippen LogP contribution is -2.25. The van der Waals surface area contributed by atoms with Crippen molar-refractivity contribution < 1.29 is 4.42 Å². The lowest BCUT2D eigenvalue weighted by atomic mass is 9.70. The Balaban J connectivity index is 0.995. The Morgan fingerprint density at radius 1 is 0.313 bits per heavy atom. The number of para-hydroxylation sites is 2. The van der Waals surface area contributed by atoms with Gasteiger partial charge in [0, 0.05) is 27.7 Å². The first-order chi connectivity index (χ1) is 33.3. The molecule has 2 aliphatic carbocycles. The second kappa shape index (κ2) is 14.7. The number of anilines is 3. The summed E-state index contributed by atoms with van der Waals surface area (Å²) in [5, 5.41) is 4.73. The van der Waals surface area contributed by atoms with Gasteiger partial charge in [0.25, 0.3) is 0 Å². The van der Waals surface area contributed by atoms with Crippen LogP contribution in [0.25, 0.3) is 88.3 Å². The van der Waals surface area contributed by atoms with Gasteiger partial charge in [0.05, 0.1) is 11.1 Å². The maximum atomic E-state index is 6.39. The number of benzene rings is 11. The van der Waals surface area contributed by atoms with E-state index in [0.717, 1.165) is 55.7 Å². The molecule has 14 rings (SSSR count). The molecule has 312 valence electrons. The second-order valence-electron chi connectivity index (χ2n) is 17.9. The first-order valence-electron chi connectivity index (χ1n) is 23.2. The van der Waals surface area contributed by atoms with E-state index >= 15 is 0 Å². The van der Waals surface area contributed by atoms with Gasteiger partial charge < -0.3 is 9.32 Å². The molecule has 1 aromatic heterocycles. The predicted molar refractivity (Wildman–Crippen MR) is 279 cm³/mol. The van der Waals surface area contributed by atoms with E-state index in [9.17, 15) is 0 Å². The van der Waals surface area contributed by atoms with Crippen LogP contribution in [-0.2, 0) is 5.41 Å². The van der Waals surface area contributed by atoms with Crippen LogP contribution in [0.4, 0.5) is 17.1 Å². The van der Waals surface area contributed by atoms with E-state index in [-0.39, 0.29) is 0 Å². The number of fused-ring (bicyclic) bond motifs is 14. The lowest BCUT2D eigenvalue weighted by Gasteiger charge is -2.31. The molecule has 11 aromatic carbocycles. The summed E-state index contributed by atoms with van der Waals surface area (Å²) in [6, 6.07) is 91.3. The predicted octanol–water partition coefficient (Wildman–Crippen LogP) is 17.6. The molecule has 2 nitrogen and oxygen atoms in total. The summed E-state index contributed by atoms with van der Waals surface area (Å²) in [6.07, 6.45) is 0. The summed E-state index contributed by atoms with van der Waals surface area (Å²) in [7, 11) is 0. The van der Waals surface area contributed by atoms with Crippen LogP contribution < -0.4 is 4.90 Å². The smallest absolute Gasteiger partial charge is 0.136 e. The Bertz CT molecular complexity index is 3900. The highest BCUT2D eigenvalue weighted by molar-refractivity contribution is 6.13. The van der Waals surface area contributed by atoms with Crippen LogP contribution in [0.15, 0.2) is 253 Å². The maximum Gasteiger partial charge on any atom is 0.136 e. The van der Waals surface area contributed by atoms with Crippen LogP contribution >= 0.6 is 0 Å². The van der Waals surface area contributed by atoms with Crippen LogP contribution in [0.1, 0.15) is 22.3 Å². The van der Waals surface area contributed by atoms with Crippen molar-refractivity contribution >= 4 is 49.8 Å². The van der Waals surface area contributed by atoms with Gasteiger partial charge in [0.2, 0.25) is 0 Å². The topological polar surface area (TPSA) is 16.4 Å². The minimum atomic E-state index is -0.437. The highest BCUT2D eigenvalue weighted by atomic mass is 16.3. The minimum absolute atomic E-state index is 0.437. The fourth-order valence-corrected chi connectivity index (χ4v) is 11.8. The van der Waals surface area contributed by atoms with E-state index < -0.39 is 5.41 Å². The summed E-state index contributed by atoms with van der Waals surface area (Å²) in [6.45, 7) is 0. The molecule has 0 saturated carbocycles. The molecule has 0 N–H and O–H groups in total. The van der Waals surface area contributed by atoms with E-state index in [1.165, 1.54) is 72.0 Å². The average Bonchev–Trinajstić information content (AvgIpc) is 4.04. The molecule has 0 atom stereocenters. The standard InChI is InChI=1S/C65H41NO/c1-2-21-47-42(17-1)18-14-27-48(47)43-37-39-45(40-38-43)66(46-20-13-19-44(41-46)49-28-16-36-62-64(49)55-26-7-12-35-61(55)67-62)60-34-11-6-24-52(60)53-29-15-33-59-63(53)54-25-5-10-32-58(54)65(59)56-30-8-3-22-50(56)51-23-4-9-31-57(51)65/h1-41H. The molecule has 2 aliphatic rings. The van der Waals surface area contributed by atoms with Crippen molar-refractivity contribution in [2.24, 2.45) is 0 Å². The fourth-order valence-electron chi connectivity index (χ4n) is 11.8.